The van der Waals surface area contributed by atoms with Crippen molar-refractivity contribution >= 4 is 0 Å². The molecule has 0 aromatic carbocycles. The zero-order valence-electron chi connectivity index (χ0n) is 10.9. The van der Waals surface area contributed by atoms with E-state index in [1.165, 1.54) is 24.8 Å². The van der Waals surface area contributed by atoms with E-state index in [0.29, 0.717) is 0 Å². The predicted octanol–water partition coefficient (Wildman–Crippen LogP) is 5.20. The van der Waals surface area contributed by atoms with Crippen molar-refractivity contribution < 1.29 is 0 Å². The van der Waals surface area contributed by atoms with Crippen molar-refractivity contribution in [2.75, 3.05) is 0 Å². The van der Waals surface area contributed by atoms with Crippen molar-refractivity contribution in [2.45, 2.75) is 46.5 Å². The Morgan fingerprint density at radius 1 is 1.50 bits per heavy atom. The fraction of sp³-hybridized carbons (Fsp3) is 0.500. The van der Waals surface area contributed by atoms with Crippen LogP contribution in [0.1, 0.15) is 46.5 Å². The molecule has 0 aromatic heterocycles. The lowest BCUT2D eigenvalue weighted by molar-refractivity contribution is 0.671. The van der Waals surface area contributed by atoms with Gasteiger partial charge in [-0.2, -0.15) is 0 Å². The Bertz CT molecular complexity index is 326. The molecular formula is C16H24. The van der Waals surface area contributed by atoms with Gasteiger partial charge in [-0.25, -0.2) is 0 Å². The van der Waals surface area contributed by atoms with Gasteiger partial charge in [0.15, 0.2) is 0 Å². The van der Waals surface area contributed by atoms with Crippen LogP contribution in [0.3, 0.4) is 0 Å². The summed E-state index contributed by atoms with van der Waals surface area (Å²) in [4.78, 5) is 0. The topological polar surface area (TPSA) is 0 Å². The first-order valence-electron chi connectivity index (χ1n) is 6.29. The summed E-state index contributed by atoms with van der Waals surface area (Å²) in [6.45, 7) is 9.89. The lowest BCUT2D eigenvalue weighted by Crippen LogP contribution is -1.92. The molecule has 2 bridgehead atoms. The van der Waals surface area contributed by atoms with Gasteiger partial charge in [0.05, 0.1) is 0 Å². The van der Waals surface area contributed by atoms with Gasteiger partial charge < -0.3 is 0 Å². The summed E-state index contributed by atoms with van der Waals surface area (Å²) in [6.07, 6.45) is 13.9. The van der Waals surface area contributed by atoms with Gasteiger partial charge in [0, 0.05) is 0 Å². The summed E-state index contributed by atoms with van der Waals surface area (Å²) in [7, 11) is 0. The fourth-order valence-corrected chi connectivity index (χ4v) is 2.31. The Kier molecular flexibility index (Phi) is 5.31. The molecule has 2 aliphatic rings. The van der Waals surface area contributed by atoms with Crippen molar-refractivity contribution in [1.82, 2.24) is 0 Å². The highest BCUT2D eigenvalue weighted by Crippen LogP contribution is 2.42. The summed E-state index contributed by atoms with van der Waals surface area (Å²) in [5, 5.41) is 0. The number of fused-ring (bicyclic) bond motifs is 2. The van der Waals surface area contributed by atoms with Crippen LogP contribution < -0.4 is 0 Å². The summed E-state index contributed by atoms with van der Waals surface area (Å²) >= 11 is 0. The van der Waals surface area contributed by atoms with Gasteiger partial charge in [0.2, 0.25) is 0 Å². The maximum atomic E-state index is 3.61. The molecule has 1 atom stereocenters. The standard InChI is InChI=1S/C9H12.C7H12/c1-2-8-5-7-3-4-9(8)6-7;1-4-6-7(3)5-2/h2,5,9H,3-4,6H2,1H3;4-5H,1,6H2,2-3H3/b8-2+;7-5+. The van der Waals surface area contributed by atoms with Gasteiger partial charge in [-0.15, -0.1) is 6.58 Å². The molecule has 0 radical (unpaired) electrons. The molecule has 2 aliphatic carbocycles. The van der Waals surface area contributed by atoms with Gasteiger partial charge in [0.25, 0.3) is 0 Å². The number of rotatable bonds is 2. The fourth-order valence-electron chi connectivity index (χ4n) is 2.31. The lowest BCUT2D eigenvalue weighted by atomic mass is 9.99. The molecule has 0 nitrogen and oxygen atoms in total. The third kappa shape index (κ3) is 3.52. The monoisotopic (exact) mass is 216 g/mol. The second-order valence-electron chi connectivity index (χ2n) is 4.66. The summed E-state index contributed by atoms with van der Waals surface area (Å²) in [5.41, 5.74) is 4.67. The highest BCUT2D eigenvalue weighted by Gasteiger charge is 2.27. The summed E-state index contributed by atoms with van der Waals surface area (Å²) in [5.74, 6) is 0.921. The average Bonchev–Trinajstić information content (AvgIpc) is 2.91. The summed E-state index contributed by atoms with van der Waals surface area (Å²) < 4.78 is 0. The van der Waals surface area contributed by atoms with E-state index in [1.54, 1.807) is 11.1 Å². The zero-order valence-corrected chi connectivity index (χ0v) is 10.9. The van der Waals surface area contributed by atoms with Crippen LogP contribution in [0.4, 0.5) is 0 Å². The van der Waals surface area contributed by atoms with E-state index in [2.05, 4.69) is 38.7 Å². The first kappa shape index (κ1) is 13.0. The molecule has 0 spiro atoms. The second kappa shape index (κ2) is 6.52. The van der Waals surface area contributed by atoms with E-state index < -0.39 is 0 Å². The quantitative estimate of drug-likeness (QED) is 0.556. The third-order valence-corrected chi connectivity index (χ3v) is 3.46. The molecule has 2 rings (SSSR count). The van der Waals surface area contributed by atoms with Crippen LogP contribution in [-0.4, -0.2) is 0 Å². The molecule has 0 amide bonds. The van der Waals surface area contributed by atoms with Crippen LogP contribution in [0.2, 0.25) is 0 Å². The van der Waals surface area contributed by atoms with Crippen LogP contribution in [0.15, 0.2) is 47.6 Å². The van der Waals surface area contributed by atoms with Gasteiger partial charge in [-0.3, -0.25) is 0 Å². The normalized spacial score (nSPS) is 25.2. The maximum absolute atomic E-state index is 3.61. The van der Waals surface area contributed by atoms with Gasteiger partial charge in [-0.1, -0.05) is 35.5 Å². The van der Waals surface area contributed by atoms with Gasteiger partial charge in [-0.05, 0) is 57.9 Å². The SMILES string of the molecule is C/C=C1\C=C2CCC1C2.C=CC/C(C)=C/C. The van der Waals surface area contributed by atoms with Crippen molar-refractivity contribution in [3.05, 3.63) is 47.6 Å². The van der Waals surface area contributed by atoms with Crippen LogP contribution in [0.25, 0.3) is 0 Å². The molecule has 1 fully saturated rings. The molecule has 0 aromatic rings. The molecule has 0 heterocycles. The zero-order chi connectivity index (χ0) is 12.0. The molecule has 0 N–H and O–H groups in total. The molecule has 16 heavy (non-hydrogen) atoms. The smallest absolute Gasteiger partial charge is 0.0125 e. The first-order chi connectivity index (χ1) is 7.71. The van der Waals surface area contributed by atoms with E-state index >= 15 is 0 Å². The second-order valence-corrected chi connectivity index (χ2v) is 4.66. The van der Waals surface area contributed by atoms with Crippen molar-refractivity contribution in [2.24, 2.45) is 5.92 Å². The van der Waals surface area contributed by atoms with Crippen molar-refractivity contribution in [3.8, 4) is 0 Å². The van der Waals surface area contributed by atoms with E-state index in [1.807, 2.05) is 13.0 Å². The molecule has 1 saturated carbocycles. The highest BCUT2D eigenvalue weighted by atomic mass is 14.3. The lowest BCUT2D eigenvalue weighted by Gasteiger charge is -2.06. The molecule has 1 unspecified atom stereocenters. The molecular weight excluding hydrogens is 192 g/mol. The average molecular weight is 216 g/mol. The van der Waals surface area contributed by atoms with Crippen LogP contribution in [0.5, 0.6) is 0 Å². The number of hydrogen-bond donors (Lipinski definition) is 0. The van der Waals surface area contributed by atoms with Crippen LogP contribution in [-0.2, 0) is 0 Å². The Morgan fingerprint density at radius 2 is 2.25 bits per heavy atom. The summed E-state index contributed by atoms with van der Waals surface area (Å²) in [6, 6.07) is 0. The third-order valence-electron chi connectivity index (χ3n) is 3.46. The van der Waals surface area contributed by atoms with Gasteiger partial charge >= 0.3 is 0 Å². The Labute approximate surface area is 100 Å². The van der Waals surface area contributed by atoms with Crippen LogP contribution in [0, 0.1) is 5.92 Å². The minimum atomic E-state index is 0.921. The number of hydrogen-bond acceptors (Lipinski definition) is 0. The van der Waals surface area contributed by atoms with Crippen LogP contribution >= 0.6 is 0 Å². The van der Waals surface area contributed by atoms with E-state index in [0.717, 1.165) is 12.3 Å². The van der Waals surface area contributed by atoms with Crippen molar-refractivity contribution in [1.29, 1.82) is 0 Å². The maximum Gasteiger partial charge on any atom is -0.0125 e. The molecule has 88 valence electrons. The Morgan fingerprint density at radius 3 is 2.50 bits per heavy atom. The molecule has 0 heteroatoms. The van der Waals surface area contributed by atoms with E-state index in [4.69, 9.17) is 0 Å². The van der Waals surface area contributed by atoms with Gasteiger partial charge in [0.1, 0.15) is 0 Å². The molecule has 0 aliphatic heterocycles. The highest BCUT2D eigenvalue weighted by molar-refractivity contribution is 5.37. The van der Waals surface area contributed by atoms with Crippen molar-refractivity contribution in [3.63, 3.8) is 0 Å². The minimum absolute atomic E-state index is 0.921. The van der Waals surface area contributed by atoms with E-state index in [-0.39, 0.29) is 0 Å². The number of allylic oxidation sites excluding steroid dienone is 7. The first-order valence-corrected chi connectivity index (χ1v) is 6.29. The Hall–Kier alpha value is -1.04. The molecule has 0 saturated heterocycles. The predicted molar refractivity (Wildman–Crippen MR) is 73.4 cm³/mol. The minimum Gasteiger partial charge on any atom is -0.103 e. The van der Waals surface area contributed by atoms with E-state index in [9.17, 15) is 0 Å². The Balaban J connectivity index is 0.000000168. The largest absolute Gasteiger partial charge is 0.103 e.